The Balaban J connectivity index is 1.61. The Morgan fingerprint density at radius 2 is 1.96 bits per heavy atom. The van der Waals surface area contributed by atoms with Gasteiger partial charge in [-0.25, -0.2) is 0 Å². The summed E-state index contributed by atoms with van der Waals surface area (Å²) in [5, 5.41) is 0. The number of ether oxygens (including phenoxy) is 2. The second-order valence-corrected chi connectivity index (χ2v) is 10.2. The van der Waals surface area contributed by atoms with Crippen LogP contribution in [0.25, 0.3) is 0 Å². The number of hydrogen-bond acceptors (Lipinski definition) is 3. The lowest BCUT2D eigenvalue weighted by atomic mass is 9.55. The first-order chi connectivity index (χ1) is 11.7. The molecule has 0 aromatic carbocycles. The normalized spacial score (nSPS) is 48.4. The molecule has 7 atom stereocenters. The molecule has 0 amide bonds. The number of epoxide rings is 1. The lowest BCUT2D eigenvalue weighted by Gasteiger charge is -2.50. The van der Waals surface area contributed by atoms with Gasteiger partial charge in [0.05, 0.1) is 32.8 Å². The van der Waals surface area contributed by atoms with Crippen molar-refractivity contribution in [2.75, 3.05) is 27.2 Å². The van der Waals surface area contributed by atoms with E-state index < -0.39 is 0 Å². The molecule has 2 saturated heterocycles. The maximum absolute atomic E-state index is 13.0. The zero-order chi connectivity index (χ0) is 18.0. The van der Waals surface area contributed by atoms with Gasteiger partial charge in [-0.2, -0.15) is 0 Å². The van der Waals surface area contributed by atoms with Crippen LogP contribution in [0.2, 0.25) is 0 Å². The third-order valence-electron chi connectivity index (χ3n) is 7.90. The number of carbonyl (C=O) groups is 1. The van der Waals surface area contributed by atoms with Gasteiger partial charge in [0.15, 0.2) is 0 Å². The van der Waals surface area contributed by atoms with Crippen molar-refractivity contribution in [3.05, 3.63) is 0 Å². The number of esters is 1. The zero-order valence-corrected chi connectivity index (χ0v) is 16.7. The number of quaternary nitrogens is 1. The highest BCUT2D eigenvalue weighted by molar-refractivity contribution is 5.77. The zero-order valence-electron chi connectivity index (χ0n) is 16.7. The van der Waals surface area contributed by atoms with E-state index in [2.05, 4.69) is 34.9 Å². The van der Waals surface area contributed by atoms with Crippen LogP contribution in [-0.4, -0.2) is 54.9 Å². The van der Waals surface area contributed by atoms with Crippen molar-refractivity contribution < 1.29 is 18.8 Å². The van der Waals surface area contributed by atoms with Gasteiger partial charge in [0.25, 0.3) is 0 Å². The van der Waals surface area contributed by atoms with Crippen molar-refractivity contribution in [1.82, 2.24) is 0 Å². The van der Waals surface area contributed by atoms with E-state index in [1.807, 2.05) is 0 Å². The smallest absolute Gasteiger partial charge is 0.315 e. The van der Waals surface area contributed by atoms with Gasteiger partial charge in [0.2, 0.25) is 0 Å². The number of hydrogen-bond donors (Lipinski definition) is 0. The van der Waals surface area contributed by atoms with Crippen molar-refractivity contribution in [3.63, 3.8) is 0 Å². The first-order valence-corrected chi connectivity index (χ1v) is 10.5. The molecular weight excluding hydrogens is 314 g/mol. The van der Waals surface area contributed by atoms with E-state index in [0.29, 0.717) is 17.8 Å². The van der Waals surface area contributed by atoms with Crippen LogP contribution < -0.4 is 0 Å². The number of nitrogens with zero attached hydrogens (tertiary/aromatic N) is 1. The third-order valence-corrected chi connectivity index (χ3v) is 7.90. The summed E-state index contributed by atoms with van der Waals surface area (Å²) in [5.74, 6) is 1.60. The molecule has 1 spiro atoms. The van der Waals surface area contributed by atoms with Gasteiger partial charge in [-0.1, -0.05) is 20.3 Å². The number of carbonyl (C=O) groups excluding carboxylic acids is 1. The summed E-state index contributed by atoms with van der Waals surface area (Å²) < 4.78 is 13.5. The molecule has 4 nitrogen and oxygen atoms in total. The Bertz CT molecular complexity index is 561. The van der Waals surface area contributed by atoms with E-state index in [-0.39, 0.29) is 29.2 Å². The van der Waals surface area contributed by atoms with Crippen molar-refractivity contribution in [2.45, 2.75) is 76.6 Å². The van der Waals surface area contributed by atoms with E-state index in [1.54, 1.807) is 0 Å². The fraction of sp³-hybridized carbons (Fsp3) is 0.952. The van der Waals surface area contributed by atoms with Crippen molar-refractivity contribution >= 4 is 5.97 Å². The molecule has 2 heterocycles. The predicted octanol–water partition coefficient (Wildman–Crippen LogP) is 3.39. The van der Waals surface area contributed by atoms with Gasteiger partial charge in [-0.3, -0.25) is 4.79 Å². The maximum atomic E-state index is 13.0. The largest absolute Gasteiger partial charge is 0.455 e. The fourth-order valence-electron chi connectivity index (χ4n) is 6.47. The van der Waals surface area contributed by atoms with E-state index in [4.69, 9.17) is 9.47 Å². The minimum Gasteiger partial charge on any atom is -0.455 e. The lowest BCUT2D eigenvalue weighted by Crippen LogP contribution is -2.59. The van der Waals surface area contributed by atoms with Gasteiger partial charge in [-0.15, -0.1) is 0 Å². The molecule has 7 unspecified atom stereocenters. The second kappa shape index (κ2) is 5.69. The highest BCUT2D eigenvalue weighted by atomic mass is 16.7. The average Bonchev–Trinajstić information content (AvgIpc) is 3.17. The monoisotopic (exact) mass is 350 g/mol. The summed E-state index contributed by atoms with van der Waals surface area (Å²) in [6.45, 7) is 8.87. The van der Waals surface area contributed by atoms with Gasteiger partial charge >= 0.3 is 5.97 Å². The molecule has 2 aliphatic heterocycles. The van der Waals surface area contributed by atoms with E-state index in [9.17, 15) is 4.79 Å². The highest BCUT2D eigenvalue weighted by Crippen LogP contribution is 2.66. The molecule has 4 fully saturated rings. The molecule has 25 heavy (non-hydrogen) atoms. The number of unbranched alkanes of at least 4 members (excludes halogenated alkanes) is 1. The number of rotatable bonds is 5. The van der Waals surface area contributed by atoms with Crippen LogP contribution in [-0.2, 0) is 14.3 Å². The van der Waals surface area contributed by atoms with Crippen molar-refractivity contribution in [2.24, 2.45) is 23.7 Å². The summed E-state index contributed by atoms with van der Waals surface area (Å²) in [5.41, 5.74) is -0.356. The molecule has 2 saturated carbocycles. The van der Waals surface area contributed by atoms with E-state index in [1.165, 1.54) is 19.3 Å². The Morgan fingerprint density at radius 1 is 1.20 bits per heavy atom. The van der Waals surface area contributed by atoms with Gasteiger partial charge in [-0.05, 0) is 44.9 Å². The topological polar surface area (TPSA) is 38.8 Å². The van der Waals surface area contributed by atoms with Crippen LogP contribution in [0.5, 0.6) is 0 Å². The Labute approximate surface area is 152 Å². The first kappa shape index (κ1) is 17.8. The minimum absolute atomic E-state index is 0.0342. The van der Waals surface area contributed by atoms with Crippen molar-refractivity contribution in [3.8, 4) is 0 Å². The van der Waals surface area contributed by atoms with Crippen LogP contribution in [0.15, 0.2) is 0 Å². The molecule has 0 aromatic rings. The SMILES string of the molecule is CCCC[N+](C)(C)CC1C(=O)OC23C(CCC4(C)OC42)C(C)CCC13. The molecule has 4 aliphatic rings. The molecule has 2 aliphatic carbocycles. The van der Waals surface area contributed by atoms with Crippen LogP contribution in [0.1, 0.15) is 59.3 Å². The fourth-order valence-corrected chi connectivity index (χ4v) is 6.47. The summed E-state index contributed by atoms with van der Waals surface area (Å²) >= 11 is 0. The third kappa shape index (κ3) is 2.58. The van der Waals surface area contributed by atoms with Crippen LogP contribution >= 0.6 is 0 Å². The summed E-state index contributed by atoms with van der Waals surface area (Å²) in [7, 11) is 4.55. The lowest BCUT2D eigenvalue weighted by molar-refractivity contribution is -0.893. The standard InChI is InChI=1S/C21H36NO3/c1-6-7-12-22(4,5)13-15-17-9-8-14(2)16-10-11-20(3)19(25-20)21(16,17)24-18(15)23/h14-17,19H,6-13H2,1-5H3/q+1. The quantitative estimate of drug-likeness (QED) is 0.433. The van der Waals surface area contributed by atoms with Crippen LogP contribution in [0.3, 0.4) is 0 Å². The molecule has 4 rings (SSSR count). The molecule has 4 heteroatoms. The molecule has 0 aromatic heterocycles. The maximum Gasteiger partial charge on any atom is 0.315 e. The van der Waals surface area contributed by atoms with Gasteiger partial charge < -0.3 is 14.0 Å². The minimum atomic E-state index is -0.322. The van der Waals surface area contributed by atoms with Gasteiger partial charge in [0.1, 0.15) is 17.6 Å². The number of fused-ring (bicyclic) bond motifs is 1. The molecule has 0 N–H and O–H groups in total. The summed E-state index contributed by atoms with van der Waals surface area (Å²) in [4.78, 5) is 13.0. The van der Waals surface area contributed by atoms with E-state index in [0.717, 1.165) is 36.8 Å². The van der Waals surface area contributed by atoms with Crippen LogP contribution in [0, 0.1) is 23.7 Å². The molecule has 0 radical (unpaired) electrons. The molecule has 0 bridgehead atoms. The summed E-state index contributed by atoms with van der Waals surface area (Å²) in [6, 6.07) is 0. The second-order valence-electron chi connectivity index (χ2n) is 10.2. The Kier molecular flexibility index (Phi) is 4.05. The Hall–Kier alpha value is -0.610. The average molecular weight is 351 g/mol. The van der Waals surface area contributed by atoms with Crippen molar-refractivity contribution in [1.29, 1.82) is 0 Å². The molecule has 142 valence electrons. The molecular formula is C21H36NO3+. The summed E-state index contributed by atoms with van der Waals surface area (Å²) in [6.07, 6.45) is 7.20. The van der Waals surface area contributed by atoms with E-state index >= 15 is 0 Å². The predicted molar refractivity (Wildman–Crippen MR) is 97.0 cm³/mol. The van der Waals surface area contributed by atoms with Gasteiger partial charge in [0, 0.05) is 11.8 Å². The first-order valence-electron chi connectivity index (χ1n) is 10.5. The van der Waals surface area contributed by atoms with Crippen LogP contribution in [0.4, 0.5) is 0 Å². The Morgan fingerprint density at radius 3 is 2.68 bits per heavy atom. The highest BCUT2D eigenvalue weighted by Gasteiger charge is 2.77.